The Morgan fingerprint density at radius 1 is 0.625 bits per heavy atom. The molecule has 0 aromatic heterocycles. The minimum atomic E-state index is 0.216. The molecular formula is C28H57N3O. The Bertz CT molecular complexity index is 398. The molecule has 0 aliphatic carbocycles. The van der Waals surface area contributed by atoms with Gasteiger partial charge in [0.2, 0.25) is 5.91 Å². The lowest BCUT2D eigenvalue weighted by Crippen LogP contribution is -2.27. The summed E-state index contributed by atoms with van der Waals surface area (Å²) in [5, 5.41) is 6.36. The Morgan fingerprint density at radius 3 is 1.69 bits per heavy atom. The van der Waals surface area contributed by atoms with Crippen LogP contribution < -0.4 is 16.4 Å². The average Bonchev–Trinajstić information content (AvgIpc) is 2.80. The maximum Gasteiger partial charge on any atom is 0.219 e. The molecule has 190 valence electrons. The minimum Gasteiger partial charge on any atom is -0.356 e. The molecular weight excluding hydrogens is 394 g/mol. The predicted octanol–water partition coefficient (Wildman–Crippen LogP) is 7.03. The van der Waals surface area contributed by atoms with Gasteiger partial charge in [0.05, 0.1) is 0 Å². The Kier molecular flexibility index (Phi) is 27.4. The maximum absolute atomic E-state index is 11.8. The van der Waals surface area contributed by atoms with Crippen LogP contribution in [0, 0.1) is 0 Å². The number of hydrogen-bond acceptors (Lipinski definition) is 3. The second-order valence-corrected chi connectivity index (χ2v) is 9.34. The van der Waals surface area contributed by atoms with E-state index in [4.69, 9.17) is 5.73 Å². The second-order valence-electron chi connectivity index (χ2n) is 9.34. The quantitative estimate of drug-likeness (QED) is 0.0976. The van der Waals surface area contributed by atoms with Gasteiger partial charge < -0.3 is 16.4 Å². The lowest BCUT2D eigenvalue weighted by atomic mass is 10.1. The highest BCUT2D eigenvalue weighted by molar-refractivity contribution is 5.75. The van der Waals surface area contributed by atoms with E-state index in [1.165, 1.54) is 103 Å². The zero-order valence-electron chi connectivity index (χ0n) is 21.6. The molecule has 0 aromatic carbocycles. The molecule has 0 bridgehead atoms. The van der Waals surface area contributed by atoms with E-state index in [-0.39, 0.29) is 5.91 Å². The van der Waals surface area contributed by atoms with Gasteiger partial charge in [0, 0.05) is 13.0 Å². The lowest BCUT2D eigenvalue weighted by Gasteiger charge is -2.06. The summed E-state index contributed by atoms with van der Waals surface area (Å²) in [6, 6.07) is 0. The first-order valence-corrected chi connectivity index (χ1v) is 14.1. The zero-order valence-corrected chi connectivity index (χ0v) is 21.6. The molecule has 1 amide bonds. The Labute approximate surface area is 201 Å². The highest BCUT2D eigenvalue weighted by Crippen LogP contribution is 2.12. The van der Waals surface area contributed by atoms with Crippen molar-refractivity contribution in [3.05, 3.63) is 12.2 Å². The van der Waals surface area contributed by atoms with E-state index < -0.39 is 0 Å². The number of hydrogen-bond donors (Lipinski definition) is 3. The van der Waals surface area contributed by atoms with Gasteiger partial charge >= 0.3 is 0 Å². The number of nitrogens with two attached hydrogens (primary N) is 1. The highest BCUT2D eigenvalue weighted by Gasteiger charge is 2.00. The SMILES string of the molecule is CCCCCCCC/C=C\CCCCCCCCCCCC(=O)NCCCNCCCN. The standard InChI is InChI=1S/C28H57N3O/c1-2-3-4-5-6-7-8-9-10-11-12-13-14-15-16-17-18-19-20-23-28(32)31-27-22-26-30-25-21-24-29/h9-10,30H,2-8,11-27,29H2,1H3,(H,31,32)/b10-9-. The summed E-state index contributed by atoms with van der Waals surface area (Å²) in [5.74, 6) is 0.216. The van der Waals surface area contributed by atoms with E-state index in [1.54, 1.807) is 0 Å². The average molecular weight is 452 g/mol. The third-order valence-electron chi connectivity index (χ3n) is 6.08. The number of carbonyl (C=O) groups is 1. The lowest BCUT2D eigenvalue weighted by molar-refractivity contribution is -0.121. The maximum atomic E-state index is 11.8. The van der Waals surface area contributed by atoms with Crippen molar-refractivity contribution >= 4 is 5.91 Å². The molecule has 0 fully saturated rings. The van der Waals surface area contributed by atoms with E-state index >= 15 is 0 Å². The van der Waals surface area contributed by atoms with Crippen LogP contribution in [0.3, 0.4) is 0 Å². The molecule has 4 nitrogen and oxygen atoms in total. The van der Waals surface area contributed by atoms with Crippen LogP contribution in [0.2, 0.25) is 0 Å². The van der Waals surface area contributed by atoms with Crippen molar-refractivity contribution < 1.29 is 4.79 Å². The largest absolute Gasteiger partial charge is 0.356 e. The van der Waals surface area contributed by atoms with Crippen LogP contribution in [0.5, 0.6) is 0 Å². The molecule has 4 N–H and O–H groups in total. The number of rotatable bonds is 26. The van der Waals surface area contributed by atoms with Crippen LogP contribution in [-0.2, 0) is 4.79 Å². The van der Waals surface area contributed by atoms with E-state index in [1.807, 2.05) is 0 Å². The smallest absolute Gasteiger partial charge is 0.219 e. The van der Waals surface area contributed by atoms with Crippen LogP contribution in [-0.4, -0.2) is 32.1 Å². The van der Waals surface area contributed by atoms with Crippen molar-refractivity contribution in [3.8, 4) is 0 Å². The third kappa shape index (κ3) is 27.2. The molecule has 0 saturated carbocycles. The molecule has 0 radical (unpaired) electrons. The number of unbranched alkanes of at least 4 members (excludes halogenated alkanes) is 15. The van der Waals surface area contributed by atoms with Crippen molar-refractivity contribution in [2.75, 3.05) is 26.2 Å². The van der Waals surface area contributed by atoms with Crippen molar-refractivity contribution in [2.24, 2.45) is 5.73 Å². The van der Waals surface area contributed by atoms with Gasteiger partial charge in [0.1, 0.15) is 0 Å². The molecule has 32 heavy (non-hydrogen) atoms. The van der Waals surface area contributed by atoms with E-state index in [9.17, 15) is 4.79 Å². The molecule has 0 aliphatic heterocycles. The molecule has 0 atom stereocenters. The third-order valence-corrected chi connectivity index (χ3v) is 6.08. The number of allylic oxidation sites excluding steroid dienone is 2. The summed E-state index contributed by atoms with van der Waals surface area (Å²) in [6.45, 7) is 5.73. The van der Waals surface area contributed by atoms with Gasteiger partial charge in [-0.3, -0.25) is 4.79 Å². The summed E-state index contributed by atoms with van der Waals surface area (Å²) in [6.07, 6.45) is 30.1. The Hall–Kier alpha value is -0.870. The van der Waals surface area contributed by atoms with Crippen molar-refractivity contribution in [1.82, 2.24) is 10.6 Å². The molecule has 0 aromatic rings. The second kappa shape index (κ2) is 28.2. The molecule has 0 unspecified atom stereocenters. The monoisotopic (exact) mass is 451 g/mol. The summed E-state index contributed by atoms with van der Waals surface area (Å²) < 4.78 is 0. The number of carbonyl (C=O) groups excluding carboxylic acids is 1. The zero-order chi connectivity index (χ0) is 23.4. The number of amides is 1. The Morgan fingerprint density at radius 2 is 1.12 bits per heavy atom. The summed E-state index contributed by atoms with van der Waals surface area (Å²) >= 11 is 0. The molecule has 0 saturated heterocycles. The predicted molar refractivity (Wildman–Crippen MR) is 142 cm³/mol. The molecule has 0 rings (SSSR count). The fraction of sp³-hybridized carbons (Fsp3) is 0.893. The van der Waals surface area contributed by atoms with Gasteiger partial charge in [-0.05, 0) is 64.6 Å². The van der Waals surface area contributed by atoms with Crippen molar-refractivity contribution in [1.29, 1.82) is 0 Å². The van der Waals surface area contributed by atoms with Gasteiger partial charge in [-0.2, -0.15) is 0 Å². The molecule has 0 spiro atoms. The van der Waals surface area contributed by atoms with E-state index in [2.05, 4.69) is 29.7 Å². The van der Waals surface area contributed by atoms with Crippen LogP contribution in [0.15, 0.2) is 12.2 Å². The van der Waals surface area contributed by atoms with Gasteiger partial charge in [0.15, 0.2) is 0 Å². The van der Waals surface area contributed by atoms with Gasteiger partial charge in [0.25, 0.3) is 0 Å². The van der Waals surface area contributed by atoms with Gasteiger partial charge in [-0.15, -0.1) is 0 Å². The molecule has 4 heteroatoms. The van der Waals surface area contributed by atoms with Crippen LogP contribution in [0.4, 0.5) is 0 Å². The number of nitrogens with one attached hydrogen (secondary N) is 2. The molecule has 0 aliphatic rings. The summed E-state index contributed by atoms with van der Waals surface area (Å²) in [4.78, 5) is 11.8. The van der Waals surface area contributed by atoms with Crippen LogP contribution in [0.25, 0.3) is 0 Å². The first-order valence-electron chi connectivity index (χ1n) is 14.1. The fourth-order valence-corrected chi connectivity index (χ4v) is 3.95. The summed E-state index contributed by atoms with van der Waals surface area (Å²) in [7, 11) is 0. The normalized spacial score (nSPS) is 11.4. The fourth-order valence-electron chi connectivity index (χ4n) is 3.95. The van der Waals surface area contributed by atoms with Crippen molar-refractivity contribution in [2.45, 2.75) is 135 Å². The molecule has 0 heterocycles. The van der Waals surface area contributed by atoms with Crippen molar-refractivity contribution in [3.63, 3.8) is 0 Å². The topological polar surface area (TPSA) is 67.2 Å². The van der Waals surface area contributed by atoms with E-state index in [0.717, 1.165) is 45.4 Å². The minimum absolute atomic E-state index is 0.216. The first kappa shape index (κ1) is 31.1. The van der Waals surface area contributed by atoms with Gasteiger partial charge in [-0.25, -0.2) is 0 Å². The highest BCUT2D eigenvalue weighted by atomic mass is 16.1. The van der Waals surface area contributed by atoms with Crippen LogP contribution in [0.1, 0.15) is 135 Å². The summed E-state index contributed by atoms with van der Waals surface area (Å²) in [5.41, 5.74) is 5.45. The van der Waals surface area contributed by atoms with E-state index in [0.29, 0.717) is 6.42 Å². The first-order chi connectivity index (χ1) is 15.8. The Balaban J connectivity index is 3.17. The van der Waals surface area contributed by atoms with Crippen LogP contribution >= 0.6 is 0 Å². The van der Waals surface area contributed by atoms with Gasteiger partial charge in [-0.1, -0.05) is 96.1 Å².